The summed E-state index contributed by atoms with van der Waals surface area (Å²) in [6.45, 7) is 1.04. The van der Waals surface area contributed by atoms with Gasteiger partial charge in [-0.15, -0.1) is 12.4 Å². The lowest BCUT2D eigenvalue weighted by molar-refractivity contribution is -0.137. The van der Waals surface area contributed by atoms with Gasteiger partial charge in [0, 0.05) is 39.6 Å². The Bertz CT molecular complexity index is 1180. The minimum absolute atomic E-state index is 0. The number of amides is 1. The van der Waals surface area contributed by atoms with Gasteiger partial charge in [-0.05, 0) is 17.7 Å². The highest BCUT2D eigenvalue weighted by atomic mass is 35.5. The van der Waals surface area contributed by atoms with Gasteiger partial charge in [0.25, 0.3) is 0 Å². The number of ether oxygens (including phenoxy) is 1. The summed E-state index contributed by atoms with van der Waals surface area (Å²) in [5.41, 5.74) is 0.121. The number of alkyl halides is 3. The van der Waals surface area contributed by atoms with Crippen LogP contribution in [0.4, 0.5) is 18.0 Å². The Morgan fingerprint density at radius 1 is 1.22 bits per heavy atom. The Labute approximate surface area is 187 Å². The fourth-order valence-electron chi connectivity index (χ4n) is 3.58. The Kier molecular flexibility index (Phi) is 6.61. The Morgan fingerprint density at radius 2 is 1.88 bits per heavy atom. The number of hydrogen-bond acceptors (Lipinski definition) is 5. The zero-order valence-electron chi connectivity index (χ0n) is 17.3. The number of methoxy groups -OCH3 is 1. The summed E-state index contributed by atoms with van der Waals surface area (Å²) < 4.78 is 45.5. The molecule has 0 unspecified atom stereocenters. The molecule has 1 amide bonds. The molecule has 3 aromatic rings. The first kappa shape index (κ1) is 23.7. The zero-order chi connectivity index (χ0) is 22.3. The number of likely N-dealkylation sites (tertiary alicyclic amines) is 1. The maximum atomic E-state index is 12.9. The van der Waals surface area contributed by atoms with E-state index >= 15 is 0 Å². The summed E-state index contributed by atoms with van der Waals surface area (Å²) in [6.07, 6.45) is -2.47. The molecule has 3 heterocycles. The fourth-order valence-corrected chi connectivity index (χ4v) is 3.58. The van der Waals surface area contributed by atoms with Gasteiger partial charge in [0.2, 0.25) is 0 Å². The topological polar surface area (TPSA) is 82.2 Å². The number of carbonyl (C=O) groups is 1. The lowest BCUT2D eigenvalue weighted by Crippen LogP contribution is -2.52. The molecule has 0 saturated carbocycles. The molecular weight excluding hydrogens is 451 g/mol. The minimum atomic E-state index is -4.39. The van der Waals surface area contributed by atoms with Crippen LogP contribution in [0.3, 0.4) is 0 Å². The van der Waals surface area contributed by atoms with Crippen molar-refractivity contribution >= 4 is 29.6 Å². The predicted octanol–water partition coefficient (Wildman–Crippen LogP) is 2.83. The van der Waals surface area contributed by atoms with Crippen LogP contribution >= 0.6 is 12.4 Å². The highest BCUT2D eigenvalue weighted by molar-refractivity contribution is 5.88. The van der Waals surface area contributed by atoms with Crippen molar-refractivity contribution < 1.29 is 22.7 Å². The van der Waals surface area contributed by atoms with Crippen LogP contribution in [0.15, 0.2) is 35.3 Å². The van der Waals surface area contributed by atoms with Gasteiger partial charge in [-0.25, -0.2) is 24.1 Å². The molecule has 2 aromatic heterocycles. The molecule has 12 heteroatoms. The van der Waals surface area contributed by atoms with Crippen molar-refractivity contribution in [3.63, 3.8) is 0 Å². The fraction of sp³-hybridized carbons (Fsp3) is 0.400. The van der Waals surface area contributed by atoms with Crippen LogP contribution in [-0.4, -0.2) is 56.8 Å². The summed E-state index contributed by atoms with van der Waals surface area (Å²) in [5, 5.41) is 0. The van der Waals surface area contributed by atoms with E-state index in [4.69, 9.17) is 4.74 Å². The standard InChI is InChI=1S/C20H20F3N5O3.ClH/c1-26-17-15(9-24-16(25-17)7-8-31-2)28(18(26)29)19(30)27-10-13(11-27)12-3-5-14(6-4-12)20(21,22)23;/h3-6,9,13H,7-8,10-11H2,1-2H3;1H. The van der Waals surface area contributed by atoms with E-state index in [1.54, 1.807) is 7.11 Å². The van der Waals surface area contributed by atoms with Crippen molar-refractivity contribution in [3.8, 4) is 0 Å². The van der Waals surface area contributed by atoms with Gasteiger partial charge >= 0.3 is 17.9 Å². The lowest BCUT2D eigenvalue weighted by Gasteiger charge is -2.39. The van der Waals surface area contributed by atoms with Gasteiger partial charge in [0.05, 0.1) is 18.4 Å². The molecule has 0 N–H and O–H groups in total. The molecule has 8 nitrogen and oxygen atoms in total. The third-order valence-electron chi connectivity index (χ3n) is 5.42. The zero-order valence-corrected chi connectivity index (χ0v) is 18.1. The summed E-state index contributed by atoms with van der Waals surface area (Å²) >= 11 is 0. The molecule has 0 atom stereocenters. The molecule has 1 fully saturated rings. The van der Waals surface area contributed by atoms with E-state index in [0.29, 0.717) is 48.7 Å². The molecule has 0 radical (unpaired) electrons. The van der Waals surface area contributed by atoms with Gasteiger partial charge < -0.3 is 9.64 Å². The van der Waals surface area contributed by atoms with Crippen molar-refractivity contribution in [1.29, 1.82) is 0 Å². The molecule has 32 heavy (non-hydrogen) atoms. The first-order valence-corrected chi connectivity index (χ1v) is 9.59. The summed E-state index contributed by atoms with van der Waals surface area (Å²) in [6, 6.07) is 4.41. The second-order valence-corrected chi connectivity index (χ2v) is 7.42. The van der Waals surface area contributed by atoms with Crippen LogP contribution in [0, 0.1) is 0 Å². The Morgan fingerprint density at radius 3 is 2.47 bits per heavy atom. The summed E-state index contributed by atoms with van der Waals surface area (Å²) in [4.78, 5) is 35.6. The number of benzene rings is 1. The highest BCUT2D eigenvalue weighted by Gasteiger charge is 2.35. The lowest BCUT2D eigenvalue weighted by atomic mass is 9.91. The Balaban J connectivity index is 0.00000289. The number of fused-ring (bicyclic) bond motifs is 1. The SMILES string of the molecule is COCCc1ncc2c(n1)n(C)c(=O)n2C(=O)N1CC(c2ccc(C(F)(F)F)cc2)C1.Cl. The number of carbonyl (C=O) groups excluding carboxylic acids is 1. The third-order valence-corrected chi connectivity index (χ3v) is 5.42. The van der Waals surface area contributed by atoms with Crippen LogP contribution in [0.25, 0.3) is 11.2 Å². The second-order valence-electron chi connectivity index (χ2n) is 7.42. The largest absolute Gasteiger partial charge is 0.416 e. The highest BCUT2D eigenvalue weighted by Crippen LogP contribution is 2.32. The molecule has 1 aliphatic heterocycles. The van der Waals surface area contributed by atoms with Crippen molar-refractivity contribution in [2.75, 3.05) is 26.8 Å². The van der Waals surface area contributed by atoms with Crippen LogP contribution in [0.1, 0.15) is 22.9 Å². The second kappa shape index (κ2) is 8.91. The molecule has 172 valence electrons. The van der Waals surface area contributed by atoms with E-state index < -0.39 is 23.5 Å². The predicted molar refractivity (Wildman–Crippen MR) is 112 cm³/mol. The summed E-state index contributed by atoms with van der Waals surface area (Å²) in [7, 11) is 3.09. The van der Waals surface area contributed by atoms with Gasteiger partial charge in [-0.3, -0.25) is 4.57 Å². The molecular formula is C20H21ClF3N5O3. The van der Waals surface area contributed by atoms with Gasteiger partial charge in [0.15, 0.2) is 5.65 Å². The van der Waals surface area contributed by atoms with E-state index in [9.17, 15) is 22.8 Å². The maximum absolute atomic E-state index is 12.9. The maximum Gasteiger partial charge on any atom is 0.416 e. The third kappa shape index (κ3) is 4.22. The van der Waals surface area contributed by atoms with Crippen molar-refractivity contribution in [2.45, 2.75) is 18.5 Å². The number of aryl methyl sites for hydroxylation is 1. The van der Waals surface area contributed by atoms with Gasteiger partial charge in [-0.1, -0.05) is 12.1 Å². The van der Waals surface area contributed by atoms with E-state index in [-0.39, 0.29) is 18.3 Å². The molecule has 1 aromatic carbocycles. The number of nitrogens with zero attached hydrogens (tertiary/aromatic N) is 5. The number of imidazole rings is 1. The smallest absolute Gasteiger partial charge is 0.384 e. The normalized spacial score (nSPS) is 14.3. The number of hydrogen-bond donors (Lipinski definition) is 0. The van der Waals surface area contributed by atoms with Crippen LogP contribution in [0.5, 0.6) is 0 Å². The summed E-state index contributed by atoms with van der Waals surface area (Å²) in [5.74, 6) is 0.412. The molecule has 1 aliphatic rings. The van der Waals surface area contributed by atoms with E-state index in [2.05, 4.69) is 9.97 Å². The number of rotatable bonds is 4. The van der Waals surface area contributed by atoms with Crippen molar-refractivity contribution in [1.82, 2.24) is 24.0 Å². The Hall–Kier alpha value is -2.92. The minimum Gasteiger partial charge on any atom is -0.384 e. The quantitative estimate of drug-likeness (QED) is 0.584. The van der Waals surface area contributed by atoms with Crippen LogP contribution in [0.2, 0.25) is 0 Å². The van der Waals surface area contributed by atoms with Crippen LogP contribution < -0.4 is 5.69 Å². The van der Waals surface area contributed by atoms with Crippen molar-refractivity contribution in [3.05, 3.63) is 57.9 Å². The van der Waals surface area contributed by atoms with E-state index in [0.717, 1.165) is 16.7 Å². The number of halogens is 4. The van der Waals surface area contributed by atoms with E-state index in [1.165, 1.54) is 34.8 Å². The molecule has 1 saturated heterocycles. The first-order valence-electron chi connectivity index (χ1n) is 9.59. The average Bonchev–Trinajstić information content (AvgIpc) is 2.95. The average molecular weight is 472 g/mol. The molecule has 0 bridgehead atoms. The van der Waals surface area contributed by atoms with Crippen molar-refractivity contribution in [2.24, 2.45) is 7.05 Å². The number of aromatic nitrogens is 4. The molecule has 0 spiro atoms. The molecule has 0 aliphatic carbocycles. The monoisotopic (exact) mass is 471 g/mol. The van der Waals surface area contributed by atoms with Gasteiger partial charge in [-0.2, -0.15) is 13.2 Å². The van der Waals surface area contributed by atoms with Crippen LogP contribution in [-0.2, 0) is 24.4 Å². The van der Waals surface area contributed by atoms with E-state index in [1.807, 2.05) is 0 Å². The first-order chi connectivity index (χ1) is 14.7. The molecule has 4 rings (SSSR count). The van der Waals surface area contributed by atoms with Gasteiger partial charge in [0.1, 0.15) is 11.3 Å².